The topological polar surface area (TPSA) is 55.3 Å². The number of aromatic nitrogens is 2. The van der Waals surface area contributed by atoms with E-state index < -0.39 is 5.82 Å². The van der Waals surface area contributed by atoms with Crippen molar-refractivity contribution >= 4 is 5.91 Å². The lowest BCUT2D eigenvalue weighted by molar-refractivity contribution is 0.0640. The van der Waals surface area contributed by atoms with Crippen LogP contribution in [0.4, 0.5) is 4.39 Å². The third-order valence-corrected chi connectivity index (χ3v) is 3.23. The number of nitrogens with zero attached hydrogens (tertiary/aromatic N) is 3. The first kappa shape index (κ1) is 15.4. The molecular formula is C17H20FN3O2. The van der Waals surface area contributed by atoms with Crippen LogP contribution in [0.2, 0.25) is 0 Å². The predicted octanol–water partition coefficient (Wildman–Crippen LogP) is 3.67. The standard InChI is InChI=1S/C17H20FN3O2/c1-11(2)21(12(3)4)17(22)15-7-13(18)5-6-16(15)23-14-8-19-10-20-9-14/h5-12H,1-4H3/i8D. The number of carbonyl (C=O) groups is 1. The van der Waals surface area contributed by atoms with E-state index in [9.17, 15) is 9.18 Å². The lowest BCUT2D eigenvalue weighted by atomic mass is 10.1. The predicted molar refractivity (Wildman–Crippen MR) is 84.9 cm³/mol. The molecule has 122 valence electrons. The number of benzene rings is 1. The van der Waals surface area contributed by atoms with Gasteiger partial charge in [0.2, 0.25) is 0 Å². The number of carbonyl (C=O) groups excluding carboxylic acids is 1. The lowest BCUT2D eigenvalue weighted by Crippen LogP contribution is -2.42. The monoisotopic (exact) mass is 318 g/mol. The Labute approximate surface area is 136 Å². The van der Waals surface area contributed by atoms with Crippen LogP contribution < -0.4 is 4.74 Å². The van der Waals surface area contributed by atoms with E-state index in [0.29, 0.717) is 0 Å². The molecule has 0 atom stereocenters. The first-order chi connectivity index (χ1) is 11.3. The average molecular weight is 318 g/mol. The Hall–Kier alpha value is -2.50. The molecule has 0 aliphatic rings. The van der Waals surface area contributed by atoms with Crippen LogP contribution in [0.1, 0.15) is 39.4 Å². The Kier molecular flexibility index (Phi) is 4.80. The normalized spacial score (nSPS) is 11.5. The fourth-order valence-electron chi connectivity index (χ4n) is 2.39. The van der Waals surface area contributed by atoms with Gasteiger partial charge in [-0.15, -0.1) is 0 Å². The molecular weight excluding hydrogens is 297 g/mol. The minimum Gasteiger partial charge on any atom is -0.453 e. The van der Waals surface area contributed by atoms with Gasteiger partial charge in [0, 0.05) is 12.1 Å². The minimum absolute atomic E-state index is 0.0552. The summed E-state index contributed by atoms with van der Waals surface area (Å²) in [6.45, 7) is 7.57. The third-order valence-electron chi connectivity index (χ3n) is 3.23. The van der Waals surface area contributed by atoms with Crippen LogP contribution >= 0.6 is 0 Å². The van der Waals surface area contributed by atoms with Crippen molar-refractivity contribution < 1.29 is 15.3 Å². The van der Waals surface area contributed by atoms with Crippen molar-refractivity contribution in [1.29, 1.82) is 0 Å². The van der Waals surface area contributed by atoms with Gasteiger partial charge in [-0.3, -0.25) is 4.79 Å². The van der Waals surface area contributed by atoms with Gasteiger partial charge in [-0.25, -0.2) is 14.4 Å². The first-order valence-electron chi connectivity index (χ1n) is 7.88. The van der Waals surface area contributed by atoms with Crippen molar-refractivity contribution in [3.05, 3.63) is 48.3 Å². The van der Waals surface area contributed by atoms with Crippen molar-refractivity contribution in [2.45, 2.75) is 39.8 Å². The maximum absolute atomic E-state index is 13.7. The van der Waals surface area contributed by atoms with Crippen LogP contribution in [0.5, 0.6) is 11.5 Å². The summed E-state index contributed by atoms with van der Waals surface area (Å²) in [6.07, 6.45) is 2.44. The molecule has 6 heteroatoms. The summed E-state index contributed by atoms with van der Waals surface area (Å²) in [5.41, 5.74) is 0.0978. The van der Waals surface area contributed by atoms with Crippen molar-refractivity contribution in [2.75, 3.05) is 0 Å². The van der Waals surface area contributed by atoms with Gasteiger partial charge in [0.05, 0.1) is 19.3 Å². The molecule has 1 aromatic heterocycles. The molecule has 1 heterocycles. The first-order valence-corrected chi connectivity index (χ1v) is 7.38. The third kappa shape index (κ3) is 4.03. The van der Waals surface area contributed by atoms with Gasteiger partial charge in [0.15, 0.2) is 5.75 Å². The number of hydrogen-bond donors (Lipinski definition) is 0. The molecule has 0 aliphatic heterocycles. The van der Waals surface area contributed by atoms with Crippen LogP contribution in [0, 0.1) is 5.82 Å². The summed E-state index contributed by atoms with van der Waals surface area (Å²) in [7, 11) is 0. The molecule has 0 saturated carbocycles. The lowest BCUT2D eigenvalue weighted by Gasteiger charge is -2.31. The number of halogens is 1. The van der Waals surface area contributed by atoms with E-state index in [-0.39, 0.29) is 41.2 Å². The second-order valence-corrected chi connectivity index (χ2v) is 5.64. The number of hydrogen-bond acceptors (Lipinski definition) is 4. The fraction of sp³-hybridized carbons (Fsp3) is 0.353. The molecule has 5 nitrogen and oxygen atoms in total. The smallest absolute Gasteiger partial charge is 0.258 e. The maximum atomic E-state index is 13.7. The van der Waals surface area contributed by atoms with Crippen molar-refractivity contribution in [3.63, 3.8) is 0 Å². The molecule has 0 saturated heterocycles. The highest BCUT2D eigenvalue weighted by Gasteiger charge is 2.25. The SMILES string of the molecule is [2H]c1ncncc1Oc1ccc(F)cc1C(=O)N(C(C)C)C(C)C. The summed E-state index contributed by atoms with van der Waals surface area (Å²) in [6, 6.07) is 3.60. The van der Waals surface area contributed by atoms with E-state index in [1.807, 2.05) is 27.7 Å². The molecule has 0 N–H and O–H groups in total. The van der Waals surface area contributed by atoms with E-state index in [4.69, 9.17) is 6.11 Å². The molecule has 0 fully saturated rings. The zero-order valence-electron chi connectivity index (χ0n) is 14.6. The largest absolute Gasteiger partial charge is 0.453 e. The summed E-state index contributed by atoms with van der Waals surface area (Å²) in [4.78, 5) is 22.0. The highest BCUT2D eigenvalue weighted by atomic mass is 19.1. The van der Waals surface area contributed by atoms with Gasteiger partial charge in [-0.2, -0.15) is 0 Å². The van der Waals surface area contributed by atoms with E-state index in [1.54, 1.807) is 4.90 Å². The van der Waals surface area contributed by atoms with Gasteiger partial charge in [-0.05, 0) is 45.9 Å². The Morgan fingerprint density at radius 3 is 2.57 bits per heavy atom. The van der Waals surface area contributed by atoms with Crippen molar-refractivity contribution in [3.8, 4) is 11.5 Å². The molecule has 1 aromatic carbocycles. The fourth-order valence-corrected chi connectivity index (χ4v) is 2.39. The second-order valence-electron chi connectivity index (χ2n) is 5.64. The summed E-state index contributed by atoms with van der Waals surface area (Å²) in [5, 5.41) is 0. The average Bonchev–Trinajstić information content (AvgIpc) is 2.50. The van der Waals surface area contributed by atoms with E-state index in [0.717, 1.165) is 6.07 Å². The van der Waals surface area contributed by atoms with Crippen LogP contribution in [0.15, 0.2) is 36.9 Å². The number of amides is 1. The van der Waals surface area contributed by atoms with Gasteiger partial charge in [0.1, 0.15) is 17.9 Å². The van der Waals surface area contributed by atoms with Gasteiger partial charge in [0.25, 0.3) is 5.91 Å². The Morgan fingerprint density at radius 2 is 1.96 bits per heavy atom. The van der Waals surface area contributed by atoms with Crippen LogP contribution in [-0.2, 0) is 0 Å². The Balaban J connectivity index is 2.44. The van der Waals surface area contributed by atoms with Crippen molar-refractivity contribution in [2.24, 2.45) is 0 Å². The number of ether oxygens (including phenoxy) is 1. The number of rotatable bonds is 5. The molecule has 0 spiro atoms. The van der Waals surface area contributed by atoms with E-state index in [1.165, 1.54) is 24.7 Å². The Bertz CT molecular complexity index is 730. The zero-order chi connectivity index (χ0) is 17.9. The summed E-state index contributed by atoms with van der Waals surface area (Å²) < 4.78 is 27.0. The quantitative estimate of drug-likeness (QED) is 0.844. The van der Waals surface area contributed by atoms with Crippen LogP contribution in [0.3, 0.4) is 0 Å². The summed E-state index contributed by atoms with van der Waals surface area (Å²) >= 11 is 0. The second kappa shape index (κ2) is 7.17. The molecule has 0 aliphatic carbocycles. The highest BCUT2D eigenvalue weighted by Crippen LogP contribution is 2.27. The van der Waals surface area contributed by atoms with E-state index >= 15 is 0 Å². The van der Waals surface area contributed by atoms with Gasteiger partial charge >= 0.3 is 0 Å². The highest BCUT2D eigenvalue weighted by molar-refractivity contribution is 5.97. The van der Waals surface area contributed by atoms with Gasteiger partial charge in [-0.1, -0.05) is 0 Å². The minimum atomic E-state index is -0.534. The zero-order valence-corrected chi connectivity index (χ0v) is 13.6. The van der Waals surface area contributed by atoms with Crippen molar-refractivity contribution in [1.82, 2.24) is 14.9 Å². The van der Waals surface area contributed by atoms with E-state index in [2.05, 4.69) is 9.97 Å². The molecule has 2 rings (SSSR count). The maximum Gasteiger partial charge on any atom is 0.258 e. The molecule has 1 amide bonds. The molecule has 23 heavy (non-hydrogen) atoms. The summed E-state index contributed by atoms with van der Waals surface area (Å²) in [5.74, 6) is -0.610. The van der Waals surface area contributed by atoms with Crippen LogP contribution in [-0.4, -0.2) is 32.9 Å². The molecule has 0 bridgehead atoms. The van der Waals surface area contributed by atoms with Gasteiger partial charge < -0.3 is 9.64 Å². The molecule has 0 unspecified atom stereocenters. The Morgan fingerprint density at radius 1 is 1.26 bits per heavy atom. The van der Waals surface area contributed by atoms with Crippen LogP contribution in [0.25, 0.3) is 0 Å². The molecule has 0 radical (unpaired) electrons. The molecule has 2 aromatic rings.